The number of halogens is 1. The van der Waals surface area contributed by atoms with Crippen LogP contribution in [0.1, 0.15) is 16.7 Å². The van der Waals surface area contributed by atoms with Gasteiger partial charge in [0.05, 0.1) is 5.69 Å². The van der Waals surface area contributed by atoms with Gasteiger partial charge in [-0.1, -0.05) is 6.07 Å². The normalized spacial score (nSPS) is 15.2. The summed E-state index contributed by atoms with van der Waals surface area (Å²) in [7, 11) is 2.14. The highest BCUT2D eigenvalue weighted by Crippen LogP contribution is 2.39. The van der Waals surface area contributed by atoms with E-state index in [0.29, 0.717) is 41.4 Å². The predicted octanol–water partition coefficient (Wildman–Crippen LogP) is 4.86. The lowest BCUT2D eigenvalue weighted by Gasteiger charge is -2.25. The van der Waals surface area contributed by atoms with Gasteiger partial charge in [0.15, 0.2) is 5.82 Å². The van der Waals surface area contributed by atoms with Crippen molar-refractivity contribution in [2.24, 2.45) is 0 Å². The molecular weight excluding hydrogens is 443 g/mol. The number of anilines is 4. The third-order valence-corrected chi connectivity index (χ3v) is 6.92. The molecule has 35 heavy (non-hydrogen) atoms. The first-order valence-corrected chi connectivity index (χ1v) is 11.8. The van der Waals surface area contributed by atoms with Crippen LogP contribution in [-0.4, -0.2) is 41.6 Å². The molecule has 0 unspecified atom stereocenters. The van der Waals surface area contributed by atoms with E-state index in [0.717, 1.165) is 41.8 Å². The number of fused-ring (bicyclic) bond motifs is 3. The van der Waals surface area contributed by atoms with Gasteiger partial charge in [-0.15, -0.1) is 0 Å². The van der Waals surface area contributed by atoms with Gasteiger partial charge in [0.25, 0.3) is 0 Å². The van der Waals surface area contributed by atoms with Gasteiger partial charge >= 0.3 is 0 Å². The molecule has 0 saturated heterocycles. The molecule has 0 saturated carbocycles. The van der Waals surface area contributed by atoms with Crippen molar-refractivity contribution < 1.29 is 9.13 Å². The van der Waals surface area contributed by atoms with Crippen molar-refractivity contribution in [2.75, 3.05) is 43.1 Å². The molecule has 0 radical (unpaired) electrons. The number of benzene rings is 2. The van der Waals surface area contributed by atoms with Gasteiger partial charge in [-0.25, -0.2) is 14.4 Å². The van der Waals surface area contributed by atoms with Crippen molar-refractivity contribution in [1.82, 2.24) is 14.9 Å². The molecule has 2 aromatic heterocycles. The van der Waals surface area contributed by atoms with E-state index in [9.17, 15) is 0 Å². The second-order valence-corrected chi connectivity index (χ2v) is 9.29. The smallest absolute Gasteiger partial charge is 0.237 e. The molecule has 0 aliphatic carbocycles. The number of nitrogen functional groups attached to an aromatic ring is 1. The summed E-state index contributed by atoms with van der Waals surface area (Å²) in [4.78, 5) is 11.2. The van der Waals surface area contributed by atoms with Crippen molar-refractivity contribution in [3.63, 3.8) is 0 Å². The SMILES string of the molecule is Cc1c(-c2cc3cc(Nc4ccc5c(c4)CN(C)CC5)ncc3c(N)c2F)cnc2c1NCCO2. The summed E-state index contributed by atoms with van der Waals surface area (Å²) >= 11 is 0. The van der Waals surface area contributed by atoms with E-state index in [2.05, 4.69) is 50.7 Å². The minimum atomic E-state index is -0.472. The molecule has 6 rings (SSSR count). The van der Waals surface area contributed by atoms with Crippen molar-refractivity contribution >= 4 is 33.7 Å². The van der Waals surface area contributed by atoms with Gasteiger partial charge < -0.3 is 26.0 Å². The van der Waals surface area contributed by atoms with Gasteiger partial charge in [0, 0.05) is 54.2 Å². The van der Waals surface area contributed by atoms with E-state index in [1.54, 1.807) is 12.4 Å². The van der Waals surface area contributed by atoms with Gasteiger partial charge in [0.2, 0.25) is 5.88 Å². The number of pyridine rings is 2. The molecule has 0 atom stereocenters. The van der Waals surface area contributed by atoms with Gasteiger partial charge in [-0.05, 0) is 66.7 Å². The highest BCUT2D eigenvalue weighted by Gasteiger charge is 2.21. The van der Waals surface area contributed by atoms with Crippen LogP contribution in [0.5, 0.6) is 5.88 Å². The lowest BCUT2D eigenvalue weighted by atomic mass is 9.97. The quantitative estimate of drug-likeness (QED) is 0.369. The number of nitrogens with zero attached hydrogens (tertiary/aromatic N) is 3. The summed E-state index contributed by atoms with van der Waals surface area (Å²) in [6, 6.07) is 10.2. The molecule has 0 fully saturated rings. The number of aromatic nitrogens is 2. The summed E-state index contributed by atoms with van der Waals surface area (Å²) in [5.41, 5.74) is 12.8. The molecule has 2 aliphatic rings. The van der Waals surface area contributed by atoms with E-state index < -0.39 is 5.82 Å². The molecule has 0 bridgehead atoms. The molecule has 2 aliphatic heterocycles. The van der Waals surface area contributed by atoms with E-state index in [-0.39, 0.29) is 5.69 Å². The summed E-state index contributed by atoms with van der Waals surface area (Å²) in [5, 5.41) is 8.09. The van der Waals surface area contributed by atoms with Crippen LogP contribution in [0.15, 0.2) is 42.7 Å². The van der Waals surface area contributed by atoms with Crippen LogP contribution in [0.25, 0.3) is 21.9 Å². The monoisotopic (exact) mass is 470 g/mol. The Labute approximate surface area is 203 Å². The van der Waals surface area contributed by atoms with Crippen molar-refractivity contribution in [3.8, 4) is 17.0 Å². The van der Waals surface area contributed by atoms with E-state index >= 15 is 4.39 Å². The standard InChI is InChI=1S/C27H27FN6O/c1-15-21(12-32-27-26(15)30-6-8-35-27)20-10-17-11-23(31-13-22(17)25(29)24(20)28)33-19-4-3-16-5-7-34(2)14-18(16)9-19/h3-4,9-13,30H,5-8,14,29H2,1-2H3,(H,31,33). The number of hydrogen-bond acceptors (Lipinski definition) is 7. The Hall–Kier alpha value is -3.91. The Kier molecular flexibility index (Phi) is 5.18. The number of likely N-dealkylation sites (N-methyl/N-ethyl adjacent to an activating group) is 1. The third-order valence-electron chi connectivity index (χ3n) is 6.92. The van der Waals surface area contributed by atoms with Crippen LogP contribution in [0.2, 0.25) is 0 Å². The zero-order valence-corrected chi connectivity index (χ0v) is 19.8. The first-order chi connectivity index (χ1) is 17.0. The number of nitrogens with two attached hydrogens (primary N) is 1. The molecule has 2 aromatic carbocycles. The summed E-state index contributed by atoms with van der Waals surface area (Å²) in [6.07, 6.45) is 4.33. The van der Waals surface area contributed by atoms with Gasteiger partial charge in [-0.2, -0.15) is 0 Å². The largest absolute Gasteiger partial charge is 0.474 e. The van der Waals surface area contributed by atoms with Crippen LogP contribution in [0, 0.1) is 12.7 Å². The van der Waals surface area contributed by atoms with E-state index in [1.165, 1.54) is 11.1 Å². The maximum atomic E-state index is 15.4. The highest BCUT2D eigenvalue weighted by atomic mass is 19.1. The molecule has 0 spiro atoms. The fourth-order valence-electron chi connectivity index (χ4n) is 4.98. The Bertz CT molecular complexity index is 1470. The van der Waals surface area contributed by atoms with Crippen molar-refractivity contribution in [1.29, 1.82) is 0 Å². The first-order valence-electron chi connectivity index (χ1n) is 11.8. The number of ether oxygens (including phenoxy) is 1. The van der Waals surface area contributed by atoms with Crippen molar-refractivity contribution in [2.45, 2.75) is 19.9 Å². The second kappa shape index (κ2) is 8.39. The fourth-order valence-corrected chi connectivity index (χ4v) is 4.98. The molecule has 8 heteroatoms. The fraction of sp³-hybridized carbons (Fsp3) is 0.259. The molecule has 4 heterocycles. The highest BCUT2D eigenvalue weighted by molar-refractivity contribution is 5.98. The zero-order valence-electron chi connectivity index (χ0n) is 19.8. The Balaban J connectivity index is 1.39. The lowest BCUT2D eigenvalue weighted by Crippen LogP contribution is -2.26. The number of hydrogen-bond donors (Lipinski definition) is 3. The van der Waals surface area contributed by atoms with E-state index in [4.69, 9.17) is 10.5 Å². The number of nitrogens with one attached hydrogen (secondary N) is 2. The summed E-state index contributed by atoms with van der Waals surface area (Å²) < 4.78 is 21.0. The Morgan fingerprint density at radius 2 is 2.00 bits per heavy atom. The molecular formula is C27H27FN6O. The maximum absolute atomic E-state index is 15.4. The second-order valence-electron chi connectivity index (χ2n) is 9.29. The lowest BCUT2D eigenvalue weighted by molar-refractivity contribution is 0.310. The maximum Gasteiger partial charge on any atom is 0.237 e. The Morgan fingerprint density at radius 3 is 2.89 bits per heavy atom. The summed E-state index contributed by atoms with van der Waals surface area (Å²) in [5.74, 6) is 0.743. The first kappa shape index (κ1) is 21.6. The Morgan fingerprint density at radius 1 is 1.11 bits per heavy atom. The average molecular weight is 471 g/mol. The van der Waals surface area contributed by atoms with E-state index in [1.807, 2.05) is 19.1 Å². The summed E-state index contributed by atoms with van der Waals surface area (Å²) in [6.45, 7) is 5.18. The zero-order chi connectivity index (χ0) is 24.1. The molecule has 4 N–H and O–H groups in total. The van der Waals surface area contributed by atoms with Crippen LogP contribution >= 0.6 is 0 Å². The molecule has 4 aromatic rings. The third kappa shape index (κ3) is 3.80. The predicted molar refractivity (Wildman–Crippen MR) is 138 cm³/mol. The minimum absolute atomic E-state index is 0.0784. The van der Waals surface area contributed by atoms with Gasteiger partial charge in [-0.3, -0.25) is 0 Å². The molecule has 178 valence electrons. The van der Waals surface area contributed by atoms with Crippen molar-refractivity contribution in [3.05, 3.63) is 65.2 Å². The molecule has 7 nitrogen and oxygen atoms in total. The molecule has 0 amide bonds. The van der Waals surface area contributed by atoms with Gasteiger partial charge in [0.1, 0.15) is 18.1 Å². The average Bonchev–Trinajstić information content (AvgIpc) is 2.86. The topological polar surface area (TPSA) is 88.3 Å². The minimum Gasteiger partial charge on any atom is -0.474 e. The van der Waals surface area contributed by atoms with Crippen LogP contribution < -0.4 is 21.1 Å². The van der Waals surface area contributed by atoms with Crippen LogP contribution in [0.4, 0.5) is 27.3 Å². The number of rotatable bonds is 3. The van der Waals surface area contributed by atoms with Crippen LogP contribution in [-0.2, 0) is 13.0 Å². The van der Waals surface area contributed by atoms with Crippen LogP contribution in [0.3, 0.4) is 0 Å².